The molecule has 154 valence electrons. The van der Waals surface area contributed by atoms with Crippen LogP contribution < -0.4 is 10.1 Å². The van der Waals surface area contributed by atoms with Gasteiger partial charge in [-0.15, -0.1) is 0 Å². The molecule has 0 radical (unpaired) electrons. The summed E-state index contributed by atoms with van der Waals surface area (Å²) in [5.74, 6) is 1.64. The molecule has 2 aliphatic carbocycles. The van der Waals surface area contributed by atoms with E-state index in [1.54, 1.807) is 7.11 Å². The molecule has 4 nitrogen and oxygen atoms in total. The Morgan fingerprint density at radius 3 is 2.79 bits per heavy atom. The first-order valence-corrected chi connectivity index (χ1v) is 10.9. The highest BCUT2D eigenvalue weighted by Crippen LogP contribution is 2.56. The number of carbonyl (C=O) groups excluding carboxylic acids is 1. The number of nitrogens with one attached hydrogen (secondary N) is 1. The number of carbonyl (C=O) groups is 1. The van der Waals surface area contributed by atoms with Crippen molar-refractivity contribution < 1.29 is 9.53 Å². The molecule has 1 saturated heterocycles. The number of nitrogens with zero attached hydrogens (tertiary/aromatic N) is 1. The fourth-order valence-corrected chi connectivity index (χ4v) is 6.18. The summed E-state index contributed by atoms with van der Waals surface area (Å²) in [6, 6.07) is 5.11. The van der Waals surface area contributed by atoms with Crippen LogP contribution in [0.1, 0.15) is 70.4 Å². The van der Waals surface area contributed by atoms with Gasteiger partial charge in [-0.2, -0.15) is 0 Å². The van der Waals surface area contributed by atoms with E-state index in [1.165, 1.54) is 49.8 Å². The van der Waals surface area contributed by atoms with Crippen LogP contribution in [0, 0.1) is 11.3 Å². The van der Waals surface area contributed by atoms with Crippen molar-refractivity contribution in [3.8, 4) is 5.75 Å². The number of hydrogen-bond acceptors (Lipinski definition) is 3. The first-order valence-electron chi connectivity index (χ1n) is 10.9. The molecule has 1 saturated carbocycles. The average molecular weight is 385 g/mol. The minimum Gasteiger partial charge on any atom is -0.495 e. The molecule has 1 unspecified atom stereocenters. The Morgan fingerprint density at radius 2 is 2.07 bits per heavy atom. The maximum absolute atomic E-state index is 12.6. The van der Waals surface area contributed by atoms with Gasteiger partial charge in [-0.05, 0) is 73.9 Å². The van der Waals surface area contributed by atoms with Crippen molar-refractivity contribution in [1.82, 2.24) is 4.90 Å². The Kier molecular flexibility index (Phi) is 4.97. The standard InChI is InChI=1S/C24H36N2O2/c1-23(2,3)15-22(27)25-19-12-16-13-20-17-8-6-7-9-24(17,10-11-26(20)4)18(16)14-21(19)28-5/h12,14,17,20H,6-11,13,15H2,1-5H3,(H,25,27)/t17?,20-,24-/m0/s1. The Labute approximate surface area is 170 Å². The molecule has 2 bridgehead atoms. The molecule has 4 heteroatoms. The van der Waals surface area contributed by atoms with E-state index in [0.29, 0.717) is 17.9 Å². The lowest BCUT2D eigenvalue weighted by Gasteiger charge is -2.58. The van der Waals surface area contributed by atoms with Gasteiger partial charge in [0, 0.05) is 17.9 Å². The van der Waals surface area contributed by atoms with Gasteiger partial charge in [0.25, 0.3) is 0 Å². The molecule has 1 aromatic rings. The van der Waals surface area contributed by atoms with Crippen LogP contribution in [0.2, 0.25) is 0 Å². The molecule has 1 aromatic carbocycles. The van der Waals surface area contributed by atoms with E-state index in [1.807, 2.05) is 0 Å². The smallest absolute Gasteiger partial charge is 0.224 e. The number of hydrogen-bond donors (Lipinski definition) is 1. The summed E-state index contributed by atoms with van der Waals surface area (Å²) in [6.45, 7) is 7.47. The van der Waals surface area contributed by atoms with Gasteiger partial charge < -0.3 is 15.0 Å². The number of rotatable bonds is 3. The quantitative estimate of drug-likeness (QED) is 0.817. The molecular formula is C24H36N2O2. The summed E-state index contributed by atoms with van der Waals surface area (Å²) < 4.78 is 5.75. The highest BCUT2D eigenvalue weighted by molar-refractivity contribution is 5.93. The topological polar surface area (TPSA) is 41.6 Å². The lowest BCUT2D eigenvalue weighted by Crippen LogP contribution is -2.59. The first kappa shape index (κ1) is 19.8. The molecule has 0 spiro atoms. The summed E-state index contributed by atoms with van der Waals surface area (Å²) in [4.78, 5) is 15.1. The fraction of sp³-hybridized carbons (Fsp3) is 0.708. The molecule has 0 aromatic heterocycles. The van der Waals surface area contributed by atoms with Gasteiger partial charge in [-0.3, -0.25) is 4.79 Å². The van der Waals surface area contributed by atoms with E-state index in [4.69, 9.17) is 4.74 Å². The SMILES string of the molecule is COc1cc2c(cc1NC(=O)CC(C)(C)C)C[C@H]1C3CCCC[C@@]23CCN1C. The summed E-state index contributed by atoms with van der Waals surface area (Å²) in [7, 11) is 4.02. The van der Waals surface area contributed by atoms with Crippen molar-refractivity contribution in [3.05, 3.63) is 23.3 Å². The van der Waals surface area contributed by atoms with Crippen LogP contribution in [-0.4, -0.2) is 37.6 Å². The van der Waals surface area contributed by atoms with E-state index in [0.717, 1.165) is 23.8 Å². The molecule has 1 amide bonds. The van der Waals surface area contributed by atoms with Crippen molar-refractivity contribution in [3.63, 3.8) is 0 Å². The van der Waals surface area contributed by atoms with Crippen LogP contribution in [0.4, 0.5) is 5.69 Å². The van der Waals surface area contributed by atoms with Gasteiger partial charge in [0.05, 0.1) is 12.8 Å². The number of likely N-dealkylation sites (tertiary alicyclic amines) is 1. The summed E-state index contributed by atoms with van der Waals surface area (Å²) >= 11 is 0. The minimum atomic E-state index is -0.0282. The molecule has 1 N–H and O–H groups in total. The van der Waals surface area contributed by atoms with E-state index in [2.05, 4.69) is 50.2 Å². The number of amides is 1. The van der Waals surface area contributed by atoms with Crippen LogP contribution in [0.25, 0.3) is 0 Å². The molecule has 3 atom stereocenters. The highest BCUT2D eigenvalue weighted by Gasteiger charge is 2.53. The number of benzene rings is 1. The molecule has 28 heavy (non-hydrogen) atoms. The Balaban J connectivity index is 1.72. The minimum absolute atomic E-state index is 0.0282. The highest BCUT2D eigenvalue weighted by atomic mass is 16.5. The van der Waals surface area contributed by atoms with Gasteiger partial charge >= 0.3 is 0 Å². The predicted octanol–water partition coefficient (Wildman–Crippen LogP) is 4.76. The van der Waals surface area contributed by atoms with Crippen molar-refractivity contribution in [2.24, 2.45) is 11.3 Å². The zero-order chi connectivity index (χ0) is 20.1. The number of anilines is 1. The molecule has 2 fully saturated rings. The van der Waals surface area contributed by atoms with Crippen LogP contribution in [0.15, 0.2) is 12.1 Å². The number of likely N-dealkylation sites (N-methyl/N-ethyl adjacent to an activating group) is 1. The Hall–Kier alpha value is -1.55. The first-order chi connectivity index (χ1) is 13.2. The van der Waals surface area contributed by atoms with E-state index in [-0.39, 0.29) is 11.3 Å². The molecule has 3 aliphatic rings. The van der Waals surface area contributed by atoms with Crippen molar-refractivity contribution in [1.29, 1.82) is 0 Å². The van der Waals surface area contributed by atoms with Crippen LogP contribution >= 0.6 is 0 Å². The Morgan fingerprint density at radius 1 is 1.29 bits per heavy atom. The average Bonchev–Trinajstić information content (AvgIpc) is 2.62. The maximum atomic E-state index is 12.6. The third kappa shape index (κ3) is 3.34. The van der Waals surface area contributed by atoms with Gasteiger partial charge in [-0.1, -0.05) is 33.6 Å². The van der Waals surface area contributed by atoms with Crippen molar-refractivity contribution in [2.45, 2.75) is 77.2 Å². The van der Waals surface area contributed by atoms with Crippen molar-refractivity contribution >= 4 is 11.6 Å². The third-order valence-corrected chi connectivity index (χ3v) is 7.39. The number of ether oxygens (including phenoxy) is 1. The molecular weight excluding hydrogens is 348 g/mol. The maximum Gasteiger partial charge on any atom is 0.224 e. The van der Waals surface area contributed by atoms with Crippen LogP contribution in [0.5, 0.6) is 5.75 Å². The van der Waals surface area contributed by atoms with Gasteiger partial charge in [0.2, 0.25) is 5.91 Å². The van der Waals surface area contributed by atoms with E-state index < -0.39 is 0 Å². The summed E-state index contributed by atoms with van der Waals surface area (Å²) in [5, 5.41) is 3.14. The van der Waals surface area contributed by atoms with Crippen LogP contribution in [-0.2, 0) is 16.6 Å². The predicted molar refractivity (Wildman–Crippen MR) is 114 cm³/mol. The van der Waals surface area contributed by atoms with Crippen molar-refractivity contribution in [2.75, 3.05) is 26.0 Å². The lowest BCUT2D eigenvalue weighted by molar-refractivity contribution is -0.117. The second-order valence-corrected chi connectivity index (χ2v) is 10.5. The van der Waals surface area contributed by atoms with Gasteiger partial charge in [-0.25, -0.2) is 0 Å². The molecule has 1 heterocycles. The molecule has 4 rings (SSSR count). The zero-order valence-electron chi connectivity index (χ0n) is 18.2. The second kappa shape index (κ2) is 7.05. The van der Waals surface area contributed by atoms with E-state index >= 15 is 0 Å². The second-order valence-electron chi connectivity index (χ2n) is 10.5. The number of piperidine rings is 1. The lowest BCUT2D eigenvalue weighted by atomic mass is 9.52. The number of methoxy groups -OCH3 is 1. The molecule has 1 aliphatic heterocycles. The van der Waals surface area contributed by atoms with Crippen LogP contribution in [0.3, 0.4) is 0 Å². The largest absolute Gasteiger partial charge is 0.495 e. The third-order valence-electron chi connectivity index (χ3n) is 7.39. The zero-order valence-corrected chi connectivity index (χ0v) is 18.2. The fourth-order valence-electron chi connectivity index (χ4n) is 6.18. The summed E-state index contributed by atoms with van der Waals surface area (Å²) in [6.07, 6.45) is 8.18. The van der Waals surface area contributed by atoms with E-state index in [9.17, 15) is 4.79 Å². The summed E-state index contributed by atoms with van der Waals surface area (Å²) in [5.41, 5.74) is 4.04. The van der Waals surface area contributed by atoms with Gasteiger partial charge in [0.1, 0.15) is 5.75 Å². The Bertz CT molecular complexity index is 767. The monoisotopic (exact) mass is 384 g/mol. The van der Waals surface area contributed by atoms with Gasteiger partial charge in [0.15, 0.2) is 0 Å². The normalized spacial score (nSPS) is 29.6. The number of fused-ring (bicyclic) bond motifs is 1.